The maximum atomic E-state index is 5.55. The third kappa shape index (κ3) is 4.27. The zero-order valence-electron chi connectivity index (χ0n) is 18.8. The van der Waals surface area contributed by atoms with Crippen LogP contribution in [0.1, 0.15) is 25.1 Å². The van der Waals surface area contributed by atoms with Crippen LogP contribution in [0, 0.1) is 13.8 Å². The molecule has 7 heteroatoms. The molecule has 0 bridgehead atoms. The highest BCUT2D eigenvalue weighted by atomic mass is 16.5. The lowest BCUT2D eigenvalue weighted by Gasteiger charge is -2.22. The molecular formula is C24H27N5O2. The minimum atomic E-state index is -0.300. The average Bonchev–Trinajstić information content (AvgIpc) is 3.22. The lowest BCUT2D eigenvalue weighted by atomic mass is 9.98. The predicted molar refractivity (Wildman–Crippen MR) is 121 cm³/mol. The quantitative estimate of drug-likeness (QED) is 0.456. The lowest BCUT2D eigenvalue weighted by Crippen LogP contribution is -2.29. The second-order valence-electron chi connectivity index (χ2n) is 8.34. The Morgan fingerprint density at radius 1 is 1.00 bits per heavy atom. The standard InChI is InChI=1S/C24H27N5O2/c1-15-9-20(19-12-25-29(13-19)14-24(3,4)31-6)23(26-16(15)2)18-8-7-17-11-22(30-5)28-27-21(17)10-18/h7-13H,14H2,1-6H3. The summed E-state index contributed by atoms with van der Waals surface area (Å²) >= 11 is 0. The maximum Gasteiger partial charge on any atom is 0.233 e. The van der Waals surface area contributed by atoms with Crippen molar-refractivity contribution in [1.29, 1.82) is 0 Å². The average molecular weight is 418 g/mol. The number of pyridine rings is 1. The molecule has 4 aromatic rings. The molecule has 0 radical (unpaired) electrons. The van der Waals surface area contributed by atoms with Crippen LogP contribution in [0.15, 0.2) is 42.7 Å². The number of aryl methyl sites for hydroxylation is 2. The van der Waals surface area contributed by atoms with Crippen LogP contribution in [0.25, 0.3) is 33.3 Å². The van der Waals surface area contributed by atoms with E-state index in [0.29, 0.717) is 12.4 Å². The van der Waals surface area contributed by atoms with Gasteiger partial charge in [-0.15, -0.1) is 10.2 Å². The van der Waals surface area contributed by atoms with Gasteiger partial charge in [0, 0.05) is 47.1 Å². The first kappa shape index (κ1) is 20.9. The molecule has 0 aliphatic heterocycles. The molecular weight excluding hydrogens is 390 g/mol. The molecule has 0 aliphatic carbocycles. The summed E-state index contributed by atoms with van der Waals surface area (Å²) in [6.07, 6.45) is 3.93. The molecule has 3 heterocycles. The van der Waals surface area contributed by atoms with Crippen molar-refractivity contribution >= 4 is 10.9 Å². The fourth-order valence-electron chi connectivity index (χ4n) is 3.45. The van der Waals surface area contributed by atoms with Gasteiger partial charge < -0.3 is 9.47 Å². The zero-order chi connectivity index (χ0) is 22.2. The minimum absolute atomic E-state index is 0.300. The van der Waals surface area contributed by atoms with Crippen molar-refractivity contribution in [2.45, 2.75) is 39.8 Å². The van der Waals surface area contributed by atoms with E-state index in [9.17, 15) is 0 Å². The van der Waals surface area contributed by atoms with Gasteiger partial charge in [0.2, 0.25) is 5.88 Å². The summed E-state index contributed by atoms with van der Waals surface area (Å²) in [5.41, 5.74) is 6.54. The lowest BCUT2D eigenvalue weighted by molar-refractivity contribution is 0.00543. The number of aromatic nitrogens is 5. The number of rotatable bonds is 6. The topological polar surface area (TPSA) is 75.0 Å². The third-order valence-electron chi connectivity index (χ3n) is 5.55. The van der Waals surface area contributed by atoms with Gasteiger partial charge in [-0.05, 0) is 45.4 Å². The fourth-order valence-corrected chi connectivity index (χ4v) is 3.45. The molecule has 4 rings (SSSR count). The molecule has 160 valence electrons. The van der Waals surface area contributed by atoms with Crippen LogP contribution in [0.2, 0.25) is 0 Å². The monoisotopic (exact) mass is 417 g/mol. The van der Waals surface area contributed by atoms with Gasteiger partial charge in [-0.25, -0.2) is 0 Å². The number of hydrogen-bond acceptors (Lipinski definition) is 6. The maximum absolute atomic E-state index is 5.55. The first-order valence-corrected chi connectivity index (χ1v) is 10.2. The van der Waals surface area contributed by atoms with Crippen LogP contribution >= 0.6 is 0 Å². The summed E-state index contributed by atoms with van der Waals surface area (Å²) in [6, 6.07) is 10.1. The Hall–Kier alpha value is -3.32. The Balaban J connectivity index is 1.80. The van der Waals surface area contributed by atoms with E-state index in [4.69, 9.17) is 14.5 Å². The molecule has 0 atom stereocenters. The van der Waals surface area contributed by atoms with E-state index < -0.39 is 0 Å². The van der Waals surface area contributed by atoms with Gasteiger partial charge in [0.25, 0.3) is 0 Å². The van der Waals surface area contributed by atoms with Gasteiger partial charge in [-0.3, -0.25) is 9.67 Å². The molecule has 0 saturated heterocycles. The van der Waals surface area contributed by atoms with Gasteiger partial charge in [0.15, 0.2) is 0 Å². The van der Waals surface area contributed by atoms with Crippen molar-refractivity contribution in [2.75, 3.05) is 14.2 Å². The van der Waals surface area contributed by atoms with Crippen LogP contribution in [0.4, 0.5) is 0 Å². The number of ether oxygens (including phenoxy) is 2. The van der Waals surface area contributed by atoms with E-state index in [1.54, 1.807) is 14.2 Å². The van der Waals surface area contributed by atoms with Crippen molar-refractivity contribution in [3.63, 3.8) is 0 Å². The number of nitrogens with zero attached hydrogens (tertiary/aromatic N) is 5. The second-order valence-corrected chi connectivity index (χ2v) is 8.34. The van der Waals surface area contributed by atoms with E-state index >= 15 is 0 Å². The van der Waals surface area contributed by atoms with E-state index in [1.807, 2.05) is 56.0 Å². The minimum Gasteiger partial charge on any atom is -0.480 e. The SMILES string of the molecule is COc1cc2ccc(-c3nc(C)c(C)cc3-c3cnn(CC(C)(C)OC)c3)cc2nn1. The molecule has 0 fully saturated rings. The highest BCUT2D eigenvalue weighted by Gasteiger charge is 2.19. The molecule has 0 amide bonds. The highest BCUT2D eigenvalue weighted by Crippen LogP contribution is 2.33. The summed E-state index contributed by atoms with van der Waals surface area (Å²) in [5, 5.41) is 13.9. The molecule has 0 spiro atoms. The van der Waals surface area contributed by atoms with Crippen LogP contribution in [0.5, 0.6) is 5.88 Å². The van der Waals surface area contributed by atoms with E-state index in [0.717, 1.165) is 44.5 Å². The number of hydrogen-bond donors (Lipinski definition) is 0. The smallest absolute Gasteiger partial charge is 0.233 e. The Kier molecular flexibility index (Phi) is 5.45. The predicted octanol–water partition coefficient (Wildman–Crippen LogP) is 4.61. The first-order valence-electron chi connectivity index (χ1n) is 10.2. The van der Waals surface area contributed by atoms with Crippen molar-refractivity contribution < 1.29 is 9.47 Å². The van der Waals surface area contributed by atoms with Crippen LogP contribution in [0.3, 0.4) is 0 Å². The second kappa shape index (κ2) is 8.07. The number of benzene rings is 1. The van der Waals surface area contributed by atoms with Crippen LogP contribution in [-0.2, 0) is 11.3 Å². The summed E-state index contributed by atoms with van der Waals surface area (Å²) in [4.78, 5) is 4.93. The van der Waals surface area contributed by atoms with E-state index in [1.165, 1.54) is 0 Å². The van der Waals surface area contributed by atoms with Crippen molar-refractivity contribution in [3.8, 4) is 28.3 Å². The van der Waals surface area contributed by atoms with Crippen LogP contribution < -0.4 is 4.74 Å². The Labute approximate surface area is 182 Å². The Morgan fingerprint density at radius 3 is 2.55 bits per heavy atom. The van der Waals surface area contributed by atoms with Gasteiger partial charge >= 0.3 is 0 Å². The summed E-state index contributed by atoms with van der Waals surface area (Å²) in [7, 11) is 3.30. The summed E-state index contributed by atoms with van der Waals surface area (Å²) in [6.45, 7) is 8.85. The van der Waals surface area contributed by atoms with Gasteiger partial charge in [0.05, 0.1) is 36.7 Å². The Bertz CT molecular complexity index is 1250. The largest absolute Gasteiger partial charge is 0.480 e. The van der Waals surface area contributed by atoms with Gasteiger partial charge in [-0.1, -0.05) is 12.1 Å². The molecule has 0 N–H and O–H groups in total. The van der Waals surface area contributed by atoms with Crippen molar-refractivity contribution in [2.24, 2.45) is 0 Å². The molecule has 31 heavy (non-hydrogen) atoms. The molecule has 0 aliphatic rings. The molecule has 1 aromatic carbocycles. The van der Waals surface area contributed by atoms with Gasteiger partial charge in [-0.2, -0.15) is 5.10 Å². The Morgan fingerprint density at radius 2 is 1.81 bits per heavy atom. The van der Waals surface area contributed by atoms with Crippen molar-refractivity contribution in [1.82, 2.24) is 25.0 Å². The van der Waals surface area contributed by atoms with E-state index in [-0.39, 0.29) is 5.60 Å². The first-order chi connectivity index (χ1) is 14.8. The van der Waals surface area contributed by atoms with Crippen LogP contribution in [-0.4, -0.2) is 44.8 Å². The van der Waals surface area contributed by atoms with E-state index in [2.05, 4.69) is 34.4 Å². The zero-order valence-corrected chi connectivity index (χ0v) is 18.8. The number of methoxy groups -OCH3 is 2. The summed E-state index contributed by atoms with van der Waals surface area (Å²) in [5.74, 6) is 0.497. The number of fused-ring (bicyclic) bond motifs is 1. The molecule has 7 nitrogen and oxygen atoms in total. The normalized spacial score (nSPS) is 11.8. The highest BCUT2D eigenvalue weighted by molar-refractivity contribution is 5.88. The molecule has 0 saturated carbocycles. The summed E-state index contributed by atoms with van der Waals surface area (Å²) < 4.78 is 12.6. The van der Waals surface area contributed by atoms with Crippen molar-refractivity contribution in [3.05, 3.63) is 54.0 Å². The third-order valence-corrected chi connectivity index (χ3v) is 5.55. The molecule has 0 unspecified atom stereocenters. The molecule has 3 aromatic heterocycles. The fraction of sp³-hybridized carbons (Fsp3) is 0.333. The van der Waals surface area contributed by atoms with Gasteiger partial charge in [0.1, 0.15) is 0 Å².